The third-order valence-electron chi connectivity index (χ3n) is 5.03. The second-order valence-electron chi connectivity index (χ2n) is 6.87. The maximum absolute atomic E-state index is 11.8. The predicted octanol–water partition coefficient (Wildman–Crippen LogP) is 2.88. The molecule has 2 fully saturated rings. The first-order valence-corrected chi connectivity index (χ1v) is 8.16. The van der Waals surface area contributed by atoms with Crippen LogP contribution in [-0.2, 0) is 4.74 Å². The van der Waals surface area contributed by atoms with Crippen LogP contribution in [0.2, 0.25) is 0 Å². The molecule has 1 saturated carbocycles. The van der Waals surface area contributed by atoms with Gasteiger partial charge in [0.2, 0.25) is 0 Å². The lowest BCUT2D eigenvalue weighted by Crippen LogP contribution is -2.52. The molecule has 0 radical (unpaired) electrons. The number of rotatable bonds is 4. The van der Waals surface area contributed by atoms with Gasteiger partial charge in [0, 0.05) is 19.1 Å². The Bertz CT molecular complexity index is 314. The molecule has 0 aromatic carbocycles. The SMILES string of the molecule is COC(=O)N1CC(NCC2CCCC2)CC(C(C)C)C1. The molecule has 1 N–H and O–H groups in total. The maximum Gasteiger partial charge on any atom is 0.409 e. The van der Waals surface area contributed by atoms with Crippen molar-refractivity contribution in [2.45, 2.75) is 52.0 Å². The molecule has 1 amide bonds. The third-order valence-corrected chi connectivity index (χ3v) is 5.03. The van der Waals surface area contributed by atoms with Crippen LogP contribution in [0.25, 0.3) is 0 Å². The molecule has 2 unspecified atom stereocenters. The van der Waals surface area contributed by atoms with Gasteiger partial charge in [-0.15, -0.1) is 0 Å². The normalized spacial score (nSPS) is 28.1. The topological polar surface area (TPSA) is 41.6 Å². The molecule has 0 bridgehead atoms. The minimum atomic E-state index is -0.178. The van der Waals surface area contributed by atoms with Crippen LogP contribution in [0.15, 0.2) is 0 Å². The molecule has 20 heavy (non-hydrogen) atoms. The molecule has 0 aromatic heterocycles. The standard InChI is InChI=1S/C16H30N2O2/c1-12(2)14-8-15(11-18(10-14)16(19)20-3)17-9-13-6-4-5-7-13/h12-15,17H,4-11H2,1-3H3. The Morgan fingerprint density at radius 2 is 2.00 bits per heavy atom. The average molecular weight is 282 g/mol. The molecule has 1 aliphatic heterocycles. The summed E-state index contributed by atoms with van der Waals surface area (Å²) in [5, 5.41) is 3.71. The molecule has 4 nitrogen and oxygen atoms in total. The number of likely N-dealkylation sites (tertiary alicyclic amines) is 1. The van der Waals surface area contributed by atoms with E-state index in [-0.39, 0.29) is 6.09 Å². The Balaban J connectivity index is 1.87. The van der Waals surface area contributed by atoms with Gasteiger partial charge in [-0.2, -0.15) is 0 Å². The summed E-state index contributed by atoms with van der Waals surface area (Å²) in [5.41, 5.74) is 0. The number of piperidine rings is 1. The maximum atomic E-state index is 11.8. The van der Waals surface area contributed by atoms with Crippen molar-refractivity contribution >= 4 is 6.09 Å². The largest absolute Gasteiger partial charge is 0.453 e. The van der Waals surface area contributed by atoms with E-state index >= 15 is 0 Å². The summed E-state index contributed by atoms with van der Waals surface area (Å²) in [6.07, 6.45) is 6.52. The molecule has 2 atom stereocenters. The van der Waals surface area contributed by atoms with Gasteiger partial charge >= 0.3 is 6.09 Å². The molecule has 2 aliphatic rings. The van der Waals surface area contributed by atoms with Crippen LogP contribution in [-0.4, -0.2) is 43.8 Å². The fraction of sp³-hybridized carbons (Fsp3) is 0.938. The van der Waals surface area contributed by atoms with Crippen LogP contribution < -0.4 is 5.32 Å². The molecular weight excluding hydrogens is 252 g/mol. The van der Waals surface area contributed by atoms with Crippen molar-refractivity contribution in [2.75, 3.05) is 26.7 Å². The van der Waals surface area contributed by atoms with E-state index in [1.165, 1.54) is 39.2 Å². The van der Waals surface area contributed by atoms with Crippen LogP contribution in [0.4, 0.5) is 4.79 Å². The second-order valence-corrected chi connectivity index (χ2v) is 6.87. The Morgan fingerprint density at radius 1 is 1.30 bits per heavy atom. The number of methoxy groups -OCH3 is 1. The number of hydrogen-bond acceptors (Lipinski definition) is 3. The van der Waals surface area contributed by atoms with Crippen LogP contribution >= 0.6 is 0 Å². The first-order chi connectivity index (χ1) is 9.60. The molecule has 4 heteroatoms. The van der Waals surface area contributed by atoms with E-state index < -0.39 is 0 Å². The van der Waals surface area contributed by atoms with Gasteiger partial charge in [0.15, 0.2) is 0 Å². The third kappa shape index (κ3) is 4.11. The van der Waals surface area contributed by atoms with E-state index in [0.29, 0.717) is 17.9 Å². The number of ether oxygens (including phenoxy) is 1. The van der Waals surface area contributed by atoms with Gasteiger partial charge in [0.25, 0.3) is 0 Å². The van der Waals surface area contributed by atoms with Gasteiger partial charge in [0.05, 0.1) is 7.11 Å². The highest BCUT2D eigenvalue weighted by molar-refractivity contribution is 5.67. The molecular formula is C16H30N2O2. The molecule has 1 aliphatic carbocycles. The van der Waals surface area contributed by atoms with Crippen LogP contribution in [0.3, 0.4) is 0 Å². The summed E-state index contributed by atoms with van der Waals surface area (Å²) >= 11 is 0. The van der Waals surface area contributed by atoms with Crippen molar-refractivity contribution in [1.82, 2.24) is 10.2 Å². The van der Waals surface area contributed by atoms with Gasteiger partial charge < -0.3 is 15.0 Å². The smallest absolute Gasteiger partial charge is 0.409 e. The summed E-state index contributed by atoms with van der Waals surface area (Å²) in [6.45, 7) is 7.25. The number of amides is 1. The lowest BCUT2D eigenvalue weighted by atomic mass is 9.85. The highest BCUT2D eigenvalue weighted by atomic mass is 16.5. The van der Waals surface area contributed by atoms with Crippen molar-refractivity contribution in [2.24, 2.45) is 17.8 Å². The van der Waals surface area contributed by atoms with Crippen molar-refractivity contribution < 1.29 is 9.53 Å². The Hall–Kier alpha value is -0.770. The van der Waals surface area contributed by atoms with E-state index in [4.69, 9.17) is 4.74 Å². The summed E-state index contributed by atoms with van der Waals surface area (Å²) < 4.78 is 4.90. The summed E-state index contributed by atoms with van der Waals surface area (Å²) in [4.78, 5) is 13.7. The Kier molecular flexibility index (Phi) is 5.70. The Labute approximate surface area is 123 Å². The molecule has 116 valence electrons. The average Bonchev–Trinajstić information content (AvgIpc) is 2.97. The van der Waals surface area contributed by atoms with E-state index in [9.17, 15) is 4.79 Å². The Morgan fingerprint density at radius 3 is 2.60 bits per heavy atom. The zero-order valence-corrected chi connectivity index (χ0v) is 13.2. The van der Waals surface area contributed by atoms with Gasteiger partial charge in [0.1, 0.15) is 0 Å². The van der Waals surface area contributed by atoms with Gasteiger partial charge in [-0.1, -0.05) is 26.7 Å². The minimum absolute atomic E-state index is 0.178. The van der Waals surface area contributed by atoms with Crippen molar-refractivity contribution in [3.05, 3.63) is 0 Å². The number of hydrogen-bond donors (Lipinski definition) is 1. The van der Waals surface area contributed by atoms with Crippen LogP contribution in [0.1, 0.15) is 46.0 Å². The minimum Gasteiger partial charge on any atom is -0.453 e. The van der Waals surface area contributed by atoms with E-state index in [2.05, 4.69) is 19.2 Å². The summed E-state index contributed by atoms with van der Waals surface area (Å²) in [6, 6.07) is 0.427. The predicted molar refractivity (Wildman–Crippen MR) is 80.7 cm³/mol. The number of carbonyl (C=O) groups excluding carboxylic acids is 1. The summed E-state index contributed by atoms with van der Waals surface area (Å²) in [5.74, 6) is 2.03. The molecule has 0 spiro atoms. The first kappa shape index (κ1) is 15.6. The summed E-state index contributed by atoms with van der Waals surface area (Å²) in [7, 11) is 1.47. The zero-order chi connectivity index (χ0) is 14.5. The first-order valence-electron chi connectivity index (χ1n) is 8.16. The molecule has 2 rings (SSSR count). The highest BCUT2D eigenvalue weighted by Gasteiger charge is 2.32. The van der Waals surface area contributed by atoms with E-state index in [1.54, 1.807) is 0 Å². The van der Waals surface area contributed by atoms with E-state index in [0.717, 1.165) is 25.6 Å². The number of carbonyl (C=O) groups is 1. The molecule has 1 heterocycles. The van der Waals surface area contributed by atoms with Gasteiger partial charge in [-0.3, -0.25) is 0 Å². The van der Waals surface area contributed by atoms with Crippen LogP contribution in [0, 0.1) is 17.8 Å². The molecule has 1 saturated heterocycles. The monoisotopic (exact) mass is 282 g/mol. The van der Waals surface area contributed by atoms with E-state index in [1.807, 2.05) is 4.90 Å². The van der Waals surface area contributed by atoms with Crippen molar-refractivity contribution in [3.63, 3.8) is 0 Å². The fourth-order valence-corrected chi connectivity index (χ4v) is 3.60. The molecule has 0 aromatic rings. The van der Waals surface area contributed by atoms with Gasteiger partial charge in [-0.25, -0.2) is 4.79 Å². The van der Waals surface area contributed by atoms with Gasteiger partial charge in [-0.05, 0) is 43.6 Å². The number of nitrogens with one attached hydrogen (secondary N) is 1. The zero-order valence-electron chi connectivity index (χ0n) is 13.2. The lowest BCUT2D eigenvalue weighted by Gasteiger charge is -2.39. The number of nitrogens with zero attached hydrogens (tertiary/aromatic N) is 1. The quantitative estimate of drug-likeness (QED) is 0.862. The lowest BCUT2D eigenvalue weighted by molar-refractivity contribution is 0.0803. The van der Waals surface area contributed by atoms with Crippen molar-refractivity contribution in [3.8, 4) is 0 Å². The highest BCUT2D eigenvalue weighted by Crippen LogP contribution is 2.26. The van der Waals surface area contributed by atoms with Crippen LogP contribution in [0.5, 0.6) is 0 Å². The fourth-order valence-electron chi connectivity index (χ4n) is 3.60. The van der Waals surface area contributed by atoms with Crippen molar-refractivity contribution in [1.29, 1.82) is 0 Å². The second kappa shape index (κ2) is 7.30.